The van der Waals surface area contributed by atoms with Crippen LogP contribution in [-0.4, -0.2) is 40.6 Å². The van der Waals surface area contributed by atoms with Gasteiger partial charge in [0.2, 0.25) is 0 Å². The summed E-state index contributed by atoms with van der Waals surface area (Å²) in [6.07, 6.45) is 3.80. The lowest BCUT2D eigenvalue weighted by atomic mass is 10.2. The second-order valence-electron chi connectivity index (χ2n) is 8.64. The summed E-state index contributed by atoms with van der Waals surface area (Å²) in [5, 5.41) is 0. The van der Waals surface area contributed by atoms with Crippen LogP contribution in [0.25, 0.3) is 0 Å². The van der Waals surface area contributed by atoms with E-state index in [0.717, 1.165) is 22.5 Å². The van der Waals surface area contributed by atoms with Gasteiger partial charge in [0.1, 0.15) is 0 Å². The standard InChI is InChI=1S/C30H30N4S2/c1-33(2)27-13-5-23(6-14-27)21-31-25-9-17-29(18-10-25)35-36-30-19-11-26(12-20-30)32-22-24-7-15-28(16-8-24)34(3)4/h5-22H,1-4H3. The van der Waals surface area contributed by atoms with E-state index in [-0.39, 0.29) is 0 Å². The predicted octanol–water partition coefficient (Wildman–Crippen LogP) is 8.12. The molecule has 6 heteroatoms. The fourth-order valence-electron chi connectivity index (χ4n) is 3.29. The topological polar surface area (TPSA) is 31.2 Å². The SMILES string of the molecule is CN(C)c1ccc(C=Nc2ccc(SSc3ccc(N=Cc4ccc(N(C)C)cc4)cc3)cc2)cc1. The third kappa shape index (κ3) is 7.51. The van der Waals surface area contributed by atoms with Crippen LogP contribution in [0.1, 0.15) is 11.1 Å². The average molecular weight is 511 g/mol. The van der Waals surface area contributed by atoms with Crippen LogP contribution in [-0.2, 0) is 0 Å². The van der Waals surface area contributed by atoms with Crippen molar-refractivity contribution in [2.45, 2.75) is 9.79 Å². The van der Waals surface area contributed by atoms with Gasteiger partial charge < -0.3 is 9.80 Å². The van der Waals surface area contributed by atoms with E-state index in [2.05, 4.69) is 117 Å². The van der Waals surface area contributed by atoms with Gasteiger partial charge in [-0.05, 0) is 83.9 Å². The zero-order valence-corrected chi connectivity index (χ0v) is 22.6. The predicted molar refractivity (Wildman–Crippen MR) is 161 cm³/mol. The fraction of sp³-hybridized carbons (Fsp3) is 0.133. The Hall–Kier alpha value is -3.48. The number of benzene rings is 4. The van der Waals surface area contributed by atoms with Crippen LogP contribution in [0.3, 0.4) is 0 Å². The van der Waals surface area contributed by atoms with Crippen molar-refractivity contribution in [2.75, 3.05) is 38.0 Å². The molecule has 36 heavy (non-hydrogen) atoms. The van der Waals surface area contributed by atoms with E-state index in [1.165, 1.54) is 21.2 Å². The van der Waals surface area contributed by atoms with Gasteiger partial charge in [-0.2, -0.15) is 0 Å². The Balaban J connectivity index is 1.27. The number of rotatable bonds is 9. The van der Waals surface area contributed by atoms with Crippen molar-refractivity contribution >= 4 is 56.8 Å². The highest BCUT2D eigenvalue weighted by atomic mass is 33.1. The second-order valence-corrected chi connectivity index (χ2v) is 10.9. The molecule has 4 nitrogen and oxygen atoms in total. The summed E-state index contributed by atoms with van der Waals surface area (Å²) in [5.74, 6) is 0. The van der Waals surface area contributed by atoms with Gasteiger partial charge in [-0.25, -0.2) is 0 Å². The third-order valence-electron chi connectivity index (χ3n) is 5.45. The first-order valence-electron chi connectivity index (χ1n) is 11.6. The molecule has 4 aromatic rings. The molecule has 4 rings (SSSR count). The summed E-state index contributed by atoms with van der Waals surface area (Å²) in [6, 6.07) is 33.4. The molecule has 0 saturated carbocycles. The second kappa shape index (κ2) is 12.5. The molecule has 0 aliphatic carbocycles. The normalized spacial score (nSPS) is 11.3. The minimum absolute atomic E-state index is 0.944. The summed E-state index contributed by atoms with van der Waals surface area (Å²) < 4.78 is 0. The number of hydrogen-bond acceptors (Lipinski definition) is 6. The summed E-state index contributed by atoms with van der Waals surface area (Å²) in [5.41, 5.74) is 6.42. The fourth-order valence-corrected chi connectivity index (χ4v) is 5.22. The summed E-state index contributed by atoms with van der Waals surface area (Å²) in [7, 11) is 11.6. The molecule has 0 N–H and O–H groups in total. The Morgan fingerprint density at radius 2 is 0.806 bits per heavy atom. The Morgan fingerprint density at radius 3 is 1.11 bits per heavy atom. The minimum atomic E-state index is 0.944. The van der Waals surface area contributed by atoms with Crippen molar-refractivity contribution in [2.24, 2.45) is 9.98 Å². The van der Waals surface area contributed by atoms with E-state index in [0.29, 0.717) is 0 Å². The molecule has 0 bridgehead atoms. The first-order chi connectivity index (χ1) is 17.5. The molecule has 0 heterocycles. The first kappa shape index (κ1) is 25.6. The average Bonchev–Trinajstić information content (AvgIpc) is 2.91. The van der Waals surface area contributed by atoms with E-state index in [1.807, 2.05) is 40.6 Å². The molecule has 0 aromatic heterocycles. The molecule has 4 aromatic carbocycles. The van der Waals surface area contributed by atoms with Gasteiger partial charge in [-0.1, -0.05) is 45.9 Å². The van der Waals surface area contributed by atoms with E-state index >= 15 is 0 Å². The van der Waals surface area contributed by atoms with Crippen molar-refractivity contribution in [3.63, 3.8) is 0 Å². The van der Waals surface area contributed by atoms with Crippen LogP contribution < -0.4 is 9.80 Å². The highest BCUT2D eigenvalue weighted by Crippen LogP contribution is 2.38. The van der Waals surface area contributed by atoms with Crippen LogP contribution in [0.4, 0.5) is 22.7 Å². The largest absolute Gasteiger partial charge is 0.378 e. The van der Waals surface area contributed by atoms with Crippen LogP contribution in [0, 0.1) is 0 Å². The molecule has 182 valence electrons. The summed E-state index contributed by atoms with van der Waals surface area (Å²) >= 11 is 0. The molecule has 0 radical (unpaired) electrons. The van der Waals surface area contributed by atoms with Crippen LogP contribution in [0.5, 0.6) is 0 Å². The lowest BCUT2D eigenvalue weighted by molar-refractivity contribution is 1.13. The Labute approximate surface area is 222 Å². The molecule has 0 spiro atoms. The maximum absolute atomic E-state index is 4.60. The van der Waals surface area contributed by atoms with E-state index in [1.54, 1.807) is 21.6 Å². The van der Waals surface area contributed by atoms with Gasteiger partial charge in [-0.3, -0.25) is 9.98 Å². The molecule has 0 amide bonds. The third-order valence-corrected chi connectivity index (χ3v) is 7.87. The van der Waals surface area contributed by atoms with E-state index in [4.69, 9.17) is 0 Å². The van der Waals surface area contributed by atoms with Crippen LogP contribution in [0.15, 0.2) is 117 Å². The summed E-state index contributed by atoms with van der Waals surface area (Å²) in [4.78, 5) is 15.8. The molecule has 0 aliphatic heterocycles. The molecule has 0 atom stereocenters. The smallest absolute Gasteiger partial charge is 0.0630 e. The van der Waals surface area contributed by atoms with Crippen LogP contribution in [0.2, 0.25) is 0 Å². The van der Waals surface area contributed by atoms with Gasteiger partial charge in [0.05, 0.1) is 11.4 Å². The molecular formula is C30H30N4S2. The van der Waals surface area contributed by atoms with Gasteiger partial charge in [-0.15, -0.1) is 0 Å². The van der Waals surface area contributed by atoms with Crippen molar-refractivity contribution in [1.82, 2.24) is 0 Å². The zero-order valence-electron chi connectivity index (χ0n) is 21.0. The van der Waals surface area contributed by atoms with Gasteiger partial charge >= 0.3 is 0 Å². The van der Waals surface area contributed by atoms with E-state index in [9.17, 15) is 0 Å². The van der Waals surface area contributed by atoms with E-state index < -0.39 is 0 Å². The maximum atomic E-state index is 4.60. The molecule has 0 aliphatic rings. The quantitative estimate of drug-likeness (QED) is 0.168. The zero-order chi connectivity index (χ0) is 25.3. The highest BCUT2D eigenvalue weighted by Gasteiger charge is 2.00. The molecule has 0 fully saturated rings. The van der Waals surface area contributed by atoms with Crippen LogP contribution >= 0.6 is 21.6 Å². The Bertz CT molecular complexity index is 1190. The Morgan fingerprint density at radius 1 is 0.472 bits per heavy atom. The van der Waals surface area contributed by atoms with Gasteiger partial charge in [0, 0.05) is 61.8 Å². The number of anilines is 2. The van der Waals surface area contributed by atoms with Crippen molar-refractivity contribution in [1.29, 1.82) is 0 Å². The van der Waals surface area contributed by atoms with Crippen molar-refractivity contribution < 1.29 is 0 Å². The minimum Gasteiger partial charge on any atom is -0.378 e. The number of aliphatic imine (C=N–C) groups is 2. The highest BCUT2D eigenvalue weighted by molar-refractivity contribution is 8.76. The lowest BCUT2D eigenvalue weighted by Gasteiger charge is -2.11. The molecular weight excluding hydrogens is 480 g/mol. The van der Waals surface area contributed by atoms with Gasteiger partial charge in [0.25, 0.3) is 0 Å². The number of nitrogens with zero attached hydrogens (tertiary/aromatic N) is 4. The lowest BCUT2D eigenvalue weighted by Crippen LogP contribution is -2.08. The van der Waals surface area contributed by atoms with Gasteiger partial charge in [0.15, 0.2) is 0 Å². The molecule has 0 unspecified atom stereocenters. The van der Waals surface area contributed by atoms with Crippen molar-refractivity contribution in [3.8, 4) is 0 Å². The number of hydrogen-bond donors (Lipinski definition) is 0. The Kier molecular flexibility index (Phi) is 8.87. The summed E-state index contributed by atoms with van der Waals surface area (Å²) in [6.45, 7) is 0. The monoisotopic (exact) mass is 510 g/mol. The van der Waals surface area contributed by atoms with Crippen molar-refractivity contribution in [3.05, 3.63) is 108 Å². The maximum Gasteiger partial charge on any atom is 0.0630 e. The first-order valence-corrected chi connectivity index (χ1v) is 13.8. The molecule has 0 saturated heterocycles.